The van der Waals surface area contributed by atoms with Crippen LogP contribution in [0.25, 0.3) is 0 Å². The number of nitrogens with one attached hydrogen (secondary N) is 1. The molecule has 2 aliphatic carbocycles. The normalized spacial score (nSPS) is 21.2. The Bertz CT molecular complexity index is 2270. The van der Waals surface area contributed by atoms with E-state index < -0.39 is 16.8 Å². The number of oxime groups is 1. The number of allylic oxidation sites excluding steroid dienone is 1. The molecule has 6 rings (SSSR count). The Balaban J connectivity index is 1.32. The lowest BCUT2D eigenvalue weighted by atomic mass is 9.56. The van der Waals surface area contributed by atoms with Gasteiger partial charge in [0.2, 0.25) is 5.79 Å². The number of carbonyl (C=O) groups excluding carboxylic acids is 1. The fourth-order valence-corrected chi connectivity index (χ4v) is 12.5. The van der Waals surface area contributed by atoms with Crippen LogP contribution in [0, 0.1) is 27.9 Å². The van der Waals surface area contributed by atoms with Crippen LogP contribution >= 0.6 is 11.8 Å². The van der Waals surface area contributed by atoms with E-state index in [1.165, 1.54) is 96.3 Å². The maximum absolute atomic E-state index is 13.6. The molecule has 0 spiro atoms. The van der Waals surface area contributed by atoms with Crippen molar-refractivity contribution in [2.75, 3.05) is 45.1 Å². The van der Waals surface area contributed by atoms with Crippen LogP contribution in [0.2, 0.25) is 0 Å². The lowest BCUT2D eigenvalue weighted by Gasteiger charge is -2.58. The summed E-state index contributed by atoms with van der Waals surface area (Å²) in [4.78, 5) is 30.8. The maximum Gasteiger partial charge on any atom is 0.417 e. The molecule has 0 aromatic heterocycles. The lowest BCUT2D eigenvalue weighted by molar-refractivity contribution is -0.384. The summed E-state index contributed by atoms with van der Waals surface area (Å²) < 4.78 is 31.4. The van der Waals surface area contributed by atoms with Crippen molar-refractivity contribution in [3.05, 3.63) is 106 Å². The minimum atomic E-state index is -1.15. The number of ether oxygens (including phenoxy) is 5. The number of nitro benzene ring substituents is 1. The molecule has 1 saturated carbocycles. The number of methoxy groups -OCH3 is 2. The first kappa shape index (κ1) is 58.2. The van der Waals surface area contributed by atoms with Gasteiger partial charge in [0.15, 0.2) is 0 Å². The molecule has 0 saturated heterocycles. The zero-order valence-electron chi connectivity index (χ0n) is 44.3. The van der Waals surface area contributed by atoms with Crippen LogP contribution in [0.4, 0.5) is 16.2 Å². The molecule has 3 aromatic rings. The number of aliphatic hydroxyl groups excluding tert-OH is 2. The lowest BCUT2D eigenvalue weighted by Crippen LogP contribution is -2.64. The van der Waals surface area contributed by atoms with Gasteiger partial charge in [0.25, 0.3) is 5.69 Å². The fraction of sp³-hybridized carbons (Fsp3) is 0.593. The molecule has 6 atom stereocenters. The maximum atomic E-state index is 13.6. The number of hydrogen-bond donors (Lipinski definition) is 3. The van der Waals surface area contributed by atoms with Gasteiger partial charge in [-0.1, -0.05) is 121 Å². The zero-order chi connectivity index (χ0) is 52.5. The number of anilines is 1. The summed E-state index contributed by atoms with van der Waals surface area (Å²) in [6.07, 6.45) is 26.5. The minimum Gasteiger partial charge on any atom is -0.497 e. The van der Waals surface area contributed by atoms with Gasteiger partial charge >= 0.3 is 6.09 Å². The van der Waals surface area contributed by atoms with Crippen molar-refractivity contribution < 1.29 is 48.5 Å². The first-order valence-electron chi connectivity index (χ1n) is 27.5. The number of nitrogens with zero attached hydrogens (tertiary/aromatic N) is 2. The first-order valence-corrected chi connectivity index (χ1v) is 28.5. The summed E-state index contributed by atoms with van der Waals surface area (Å²) >= 11 is 1.86. The second-order valence-electron chi connectivity index (χ2n) is 20.0. The van der Waals surface area contributed by atoms with Crippen molar-refractivity contribution in [2.24, 2.45) is 22.9 Å². The summed E-state index contributed by atoms with van der Waals surface area (Å²) in [5.41, 5.74) is 3.83. The first-order chi connectivity index (χ1) is 36.2. The van der Waals surface area contributed by atoms with Crippen LogP contribution in [0.3, 0.4) is 0 Å². The number of non-ortho nitro benzene ring substituents is 1. The molecule has 1 amide bonds. The number of hydrogen-bond acceptors (Lipinski definition) is 13. The van der Waals surface area contributed by atoms with Gasteiger partial charge in [0, 0.05) is 49.3 Å². The summed E-state index contributed by atoms with van der Waals surface area (Å²) in [7, 11) is 3.08. The number of aliphatic hydroxyl groups is 2. The summed E-state index contributed by atoms with van der Waals surface area (Å²) in [5, 5.41) is 39.0. The number of nitro groups is 1. The summed E-state index contributed by atoms with van der Waals surface area (Å²) in [6, 6.07) is 17.0. The van der Waals surface area contributed by atoms with Crippen molar-refractivity contribution in [2.45, 2.75) is 165 Å². The molecule has 3 N–H and O–H groups in total. The second kappa shape index (κ2) is 31.1. The van der Waals surface area contributed by atoms with Crippen molar-refractivity contribution in [1.29, 1.82) is 0 Å². The van der Waals surface area contributed by atoms with E-state index in [4.69, 9.17) is 33.7 Å². The predicted molar refractivity (Wildman–Crippen MR) is 295 cm³/mol. The fourth-order valence-electron chi connectivity index (χ4n) is 11.1. The predicted octanol–water partition coefficient (Wildman–Crippen LogP) is 14.3. The molecular weight excluding hydrogens is 959 g/mol. The van der Waals surface area contributed by atoms with Gasteiger partial charge in [-0.15, -0.1) is 6.58 Å². The van der Waals surface area contributed by atoms with Gasteiger partial charge in [-0.3, -0.25) is 15.4 Å². The Kier molecular flexibility index (Phi) is 24.4. The highest BCUT2D eigenvalue weighted by Gasteiger charge is 2.64. The largest absolute Gasteiger partial charge is 0.497 e. The molecule has 74 heavy (non-hydrogen) atoms. The van der Waals surface area contributed by atoms with E-state index in [1.807, 2.05) is 23.9 Å². The van der Waals surface area contributed by atoms with E-state index in [-0.39, 0.29) is 61.0 Å². The van der Waals surface area contributed by atoms with Gasteiger partial charge in [0.1, 0.15) is 29.6 Å². The number of rotatable bonds is 35. The quantitative estimate of drug-likeness (QED) is 0.0220. The van der Waals surface area contributed by atoms with Gasteiger partial charge in [0.05, 0.1) is 48.3 Å². The highest BCUT2D eigenvalue weighted by molar-refractivity contribution is 8.00. The highest BCUT2D eigenvalue weighted by atomic mass is 32.2. The number of fused-ring (bicyclic) bond motifs is 2. The molecule has 1 fully saturated rings. The summed E-state index contributed by atoms with van der Waals surface area (Å²) in [6.45, 7) is 6.88. The number of unbranched alkanes of at least 4 members (excludes halogenated alkanes) is 15. The molecule has 1 heterocycles. The van der Waals surface area contributed by atoms with Crippen LogP contribution in [-0.2, 0) is 16.2 Å². The standard InChI is InChI=1S/C59H83N3O11S/c1-5-7-8-9-10-11-12-13-14-15-16-17-18-23-37-74-55-41-52(61-71-42-43-26-28-45(29-27-43)62(66)67)49-38-44(24-19-21-34-63)48(25-20-22-35-64)56-50-39-47(31-33-53(50)73-59(55,57(49)56)70-36-6-2)72-58(65)60-51-32-30-46(68-3)40-54(51)69-4/h6,26-33,38-40,44,48,55-57,63-64H,2,5,7-25,34-37,41-42H2,1,3-4H3,(H,60,65)/t44-,48+,55-,56+,57+,59+/m0/s1. The highest BCUT2D eigenvalue weighted by Crippen LogP contribution is 2.62. The monoisotopic (exact) mass is 1040 g/mol. The number of benzene rings is 3. The number of thioether (sulfide) groups is 1. The topological polar surface area (TPSA) is 180 Å². The SMILES string of the molecule is C=CCO[C@@]12Oc3ccc(OC(=O)Nc4ccc(OC)cc4OC)cc3[C@H]3[C@H](CCCCO)[C@@H](CCCCO)C=C(C(=NOCc4ccc([N+](=O)[O-])cc4)C[C@@H]1SCCCCCCCCCCCCCCCC)[C@H]32. The van der Waals surface area contributed by atoms with E-state index in [0.717, 1.165) is 66.7 Å². The average molecular weight is 1040 g/mol. The Labute approximate surface area is 444 Å². The second-order valence-corrected chi connectivity index (χ2v) is 21.3. The molecule has 1 aliphatic heterocycles. The smallest absolute Gasteiger partial charge is 0.417 e. The Morgan fingerprint density at radius 2 is 1.51 bits per heavy atom. The van der Waals surface area contributed by atoms with Crippen LogP contribution in [-0.4, -0.2) is 77.8 Å². The van der Waals surface area contributed by atoms with Crippen molar-refractivity contribution in [1.82, 2.24) is 0 Å². The molecule has 0 unspecified atom stereocenters. The molecular formula is C59H83N3O11S. The van der Waals surface area contributed by atoms with E-state index >= 15 is 0 Å². The van der Waals surface area contributed by atoms with Crippen LogP contribution in [0.15, 0.2) is 90.1 Å². The molecule has 3 aliphatic rings. The van der Waals surface area contributed by atoms with Gasteiger partial charge < -0.3 is 38.7 Å². The van der Waals surface area contributed by atoms with Crippen molar-refractivity contribution >= 4 is 34.9 Å². The third-order valence-corrected chi connectivity index (χ3v) is 16.3. The van der Waals surface area contributed by atoms with E-state index in [9.17, 15) is 25.1 Å². The Morgan fingerprint density at radius 3 is 2.15 bits per heavy atom. The summed E-state index contributed by atoms with van der Waals surface area (Å²) in [5.74, 6) is 1.25. The average Bonchev–Trinajstić information content (AvgIpc) is 3.40. The minimum absolute atomic E-state index is 0.00491. The molecule has 15 heteroatoms. The number of amides is 1. The van der Waals surface area contributed by atoms with Gasteiger partial charge in [-0.2, -0.15) is 11.8 Å². The third kappa shape index (κ3) is 16.2. The van der Waals surface area contributed by atoms with Gasteiger partial charge in [-0.25, -0.2) is 4.79 Å². The zero-order valence-corrected chi connectivity index (χ0v) is 45.1. The number of carbonyl (C=O) groups is 1. The molecule has 406 valence electrons. The van der Waals surface area contributed by atoms with Gasteiger partial charge in [-0.05, 0) is 103 Å². The van der Waals surface area contributed by atoms with E-state index in [1.54, 1.807) is 49.6 Å². The van der Waals surface area contributed by atoms with Crippen LogP contribution < -0.4 is 24.3 Å². The van der Waals surface area contributed by atoms with Crippen molar-refractivity contribution in [3.8, 4) is 23.0 Å². The molecule has 0 radical (unpaired) electrons. The molecule has 14 nitrogen and oxygen atoms in total. The van der Waals surface area contributed by atoms with E-state index in [0.29, 0.717) is 47.9 Å². The third-order valence-electron chi connectivity index (χ3n) is 14.8. The molecule has 3 aromatic carbocycles. The van der Waals surface area contributed by atoms with Crippen LogP contribution in [0.1, 0.15) is 159 Å². The van der Waals surface area contributed by atoms with Crippen molar-refractivity contribution in [3.63, 3.8) is 0 Å². The Hall–Kier alpha value is -5.09. The van der Waals surface area contributed by atoms with Crippen LogP contribution in [0.5, 0.6) is 23.0 Å². The van der Waals surface area contributed by atoms with E-state index in [2.05, 4.69) is 24.9 Å². The molecule has 0 bridgehead atoms. The Morgan fingerprint density at radius 1 is 0.851 bits per heavy atom.